The molecule has 18 heavy (non-hydrogen) atoms. The zero-order chi connectivity index (χ0) is 13.7. The number of aliphatic hydroxyl groups excluding tert-OH is 6. The van der Waals surface area contributed by atoms with Crippen molar-refractivity contribution in [3.05, 3.63) is 0 Å². The molecule has 0 saturated carbocycles. The molecule has 0 aromatic rings. The molecule has 1 unspecified atom stereocenters. The van der Waals surface area contributed by atoms with Crippen LogP contribution in [-0.4, -0.2) is 99.1 Å². The van der Waals surface area contributed by atoms with Gasteiger partial charge in [0.15, 0.2) is 0 Å². The fraction of sp³-hybridized carbons (Fsp3) is 1.00. The van der Waals surface area contributed by atoms with Crippen LogP contribution in [0.25, 0.3) is 0 Å². The van der Waals surface area contributed by atoms with Crippen LogP contribution in [0.1, 0.15) is 0 Å². The lowest BCUT2D eigenvalue weighted by atomic mass is 10.0. The highest BCUT2D eigenvalue weighted by Crippen LogP contribution is 2.12. The molecule has 0 bridgehead atoms. The summed E-state index contributed by atoms with van der Waals surface area (Å²) in [5, 5.41) is 56.4. The first kappa shape index (κ1) is 15.7. The number of aliphatic hydroxyl groups is 6. The summed E-state index contributed by atoms with van der Waals surface area (Å²) in [7, 11) is 0. The number of hydrogen-bond acceptors (Lipinski definition) is 8. The van der Waals surface area contributed by atoms with Gasteiger partial charge in [0.05, 0.1) is 19.8 Å². The van der Waals surface area contributed by atoms with Crippen LogP contribution in [0.5, 0.6) is 0 Å². The van der Waals surface area contributed by atoms with Crippen LogP contribution in [0, 0.1) is 0 Å². The number of nitrogens with zero attached hydrogens (tertiary/aromatic N) is 1. The Labute approximate surface area is 105 Å². The lowest BCUT2D eigenvalue weighted by Crippen LogP contribution is -2.56. The molecule has 1 heterocycles. The van der Waals surface area contributed by atoms with Crippen molar-refractivity contribution in [3.63, 3.8) is 0 Å². The van der Waals surface area contributed by atoms with E-state index in [-0.39, 0.29) is 0 Å². The Morgan fingerprint density at radius 3 is 1.94 bits per heavy atom. The van der Waals surface area contributed by atoms with Gasteiger partial charge in [-0.15, -0.1) is 0 Å². The molecule has 1 fully saturated rings. The summed E-state index contributed by atoms with van der Waals surface area (Å²) >= 11 is 0. The third kappa shape index (κ3) is 3.84. The molecule has 1 aliphatic rings. The van der Waals surface area contributed by atoms with Crippen molar-refractivity contribution in [1.29, 1.82) is 0 Å². The zero-order valence-electron chi connectivity index (χ0n) is 9.96. The highest BCUT2D eigenvalue weighted by Gasteiger charge is 2.36. The van der Waals surface area contributed by atoms with Crippen LogP contribution in [0.15, 0.2) is 0 Å². The summed E-state index contributed by atoms with van der Waals surface area (Å²) < 4.78 is 5.07. The lowest BCUT2D eigenvalue weighted by molar-refractivity contribution is -0.179. The van der Waals surface area contributed by atoms with E-state index < -0.39 is 37.3 Å². The van der Waals surface area contributed by atoms with Gasteiger partial charge in [0.1, 0.15) is 30.6 Å². The molecule has 0 aromatic carbocycles. The van der Waals surface area contributed by atoms with Gasteiger partial charge in [-0.3, -0.25) is 4.90 Å². The second kappa shape index (κ2) is 7.31. The van der Waals surface area contributed by atoms with E-state index >= 15 is 0 Å². The largest absolute Gasteiger partial charge is 0.394 e. The number of hydrogen-bond donors (Lipinski definition) is 6. The van der Waals surface area contributed by atoms with Crippen LogP contribution in [0.2, 0.25) is 0 Å². The summed E-state index contributed by atoms with van der Waals surface area (Å²) in [6.07, 6.45) is -8.10. The summed E-state index contributed by atoms with van der Waals surface area (Å²) in [4.78, 5) is 1.50. The quantitative estimate of drug-likeness (QED) is 0.287. The SMILES string of the molecule is OC[C@@H](O)[C@@H](O)[C@H](O)[C@@H](O)C(O)N1CCOCC1. The van der Waals surface area contributed by atoms with Gasteiger partial charge in [-0.05, 0) is 0 Å². The van der Waals surface area contributed by atoms with E-state index in [9.17, 15) is 20.4 Å². The Morgan fingerprint density at radius 1 is 0.889 bits per heavy atom. The van der Waals surface area contributed by atoms with Crippen molar-refractivity contribution in [1.82, 2.24) is 4.90 Å². The highest BCUT2D eigenvalue weighted by atomic mass is 16.5. The van der Waals surface area contributed by atoms with E-state index in [4.69, 9.17) is 14.9 Å². The Morgan fingerprint density at radius 2 is 1.44 bits per heavy atom. The average Bonchev–Trinajstić information content (AvgIpc) is 2.44. The second-order valence-corrected chi connectivity index (χ2v) is 4.28. The molecule has 6 N–H and O–H groups in total. The van der Waals surface area contributed by atoms with Crippen LogP contribution < -0.4 is 0 Å². The van der Waals surface area contributed by atoms with Crippen molar-refractivity contribution in [2.24, 2.45) is 0 Å². The fourth-order valence-corrected chi connectivity index (χ4v) is 1.77. The van der Waals surface area contributed by atoms with Crippen LogP contribution in [-0.2, 0) is 4.74 Å². The summed E-state index contributed by atoms with van der Waals surface area (Å²) in [5.41, 5.74) is 0. The molecule has 0 radical (unpaired) electrons. The van der Waals surface area contributed by atoms with Gasteiger partial charge in [-0.1, -0.05) is 0 Å². The van der Waals surface area contributed by atoms with E-state index in [1.807, 2.05) is 0 Å². The fourth-order valence-electron chi connectivity index (χ4n) is 1.77. The standard InChI is InChI=1S/C10H21NO7/c12-5-6(13)7(14)8(15)9(16)10(17)11-1-3-18-4-2-11/h6-10,12-17H,1-5H2/t6-,7-,8+,9-,10?/m1/s1. The first-order valence-electron chi connectivity index (χ1n) is 5.82. The zero-order valence-corrected chi connectivity index (χ0v) is 9.96. The Hall–Kier alpha value is -0.320. The molecule has 0 aromatic heterocycles. The van der Waals surface area contributed by atoms with Gasteiger partial charge in [0, 0.05) is 13.1 Å². The van der Waals surface area contributed by atoms with Crippen molar-refractivity contribution < 1.29 is 35.4 Å². The normalized spacial score (nSPS) is 26.3. The van der Waals surface area contributed by atoms with Gasteiger partial charge in [-0.25, -0.2) is 0 Å². The van der Waals surface area contributed by atoms with Gasteiger partial charge in [-0.2, -0.15) is 0 Å². The smallest absolute Gasteiger partial charge is 0.136 e. The van der Waals surface area contributed by atoms with Crippen molar-refractivity contribution in [2.75, 3.05) is 32.9 Å². The van der Waals surface area contributed by atoms with Gasteiger partial charge in [0.25, 0.3) is 0 Å². The van der Waals surface area contributed by atoms with Crippen LogP contribution >= 0.6 is 0 Å². The van der Waals surface area contributed by atoms with Crippen LogP contribution in [0.4, 0.5) is 0 Å². The molecular formula is C10H21NO7. The van der Waals surface area contributed by atoms with E-state index in [1.54, 1.807) is 0 Å². The molecule has 0 spiro atoms. The molecule has 0 aliphatic carbocycles. The summed E-state index contributed by atoms with van der Waals surface area (Å²) in [6, 6.07) is 0. The molecule has 1 rings (SSSR count). The minimum atomic E-state index is -1.76. The van der Waals surface area contributed by atoms with Gasteiger partial charge in [0.2, 0.25) is 0 Å². The second-order valence-electron chi connectivity index (χ2n) is 4.28. The predicted octanol–water partition coefficient (Wildman–Crippen LogP) is -3.93. The molecular weight excluding hydrogens is 246 g/mol. The maximum absolute atomic E-state index is 9.82. The topological polar surface area (TPSA) is 134 Å². The molecule has 8 heteroatoms. The monoisotopic (exact) mass is 267 g/mol. The van der Waals surface area contributed by atoms with Crippen LogP contribution in [0.3, 0.4) is 0 Å². The molecule has 5 atom stereocenters. The van der Waals surface area contributed by atoms with E-state index in [0.717, 1.165) is 0 Å². The van der Waals surface area contributed by atoms with E-state index in [2.05, 4.69) is 0 Å². The van der Waals surface area contributed by atoms with Gasteiger partial charge >= 0.3 is 0 Å². The first-order chi connectivity index (χ1) is 8.49. The third-order valence-corrected chi connectivity index (χ3v) is 3.01. The highest BCUT2D eigenvalue weighted by molar-refractivity contribution is 4.85. The Bertz CT molecular complexity index is 228. The molecule has 108 valence electrons. The molecule has 8 nitrogen and oxygen atoms in total. The van der Waals surface area contributed by atoms with Crippen molar-refractivity contribution in [2.45, 2.75) is 30.6 Å². The lowest BCUT2D eigenvalue weighted by Gasteiger charge is -2.36. The Balaban J connectivity index is 2.53. The van der Waals surface area contributed by atoms with Crippen molar-refractivity contribution >= 4 is 0 Å². The minimum absolute atomic E-state index is 0.392. The maximum atomic E-state index is 9.82. The summed E-state index contributed by atoms with van der Waals surface area (Å²) in [5.74, 6) is 0. The number of morpholine rings is 1. The van der Waals surface area contributed by atoms with Crippen molar-refractivity contribution in [3.8, 4) is 0 Å². The number of ether oxygens (including phenoxy) is 1. The van der Waals surface area contributed by atoms with E-state index in [0.29, 0.717) is 26.3 Å². The third-order valence-electron chi connectivity index (χ3n) is 3.01. The number of rotatable bonds is 6. The minimum Gasteiger partial charge on any atom is -0.394 e. The Kier molecular flexibility index (Phi) is 6.39. The maximum Gasteiger partial charge on any atom is 0.136 e. The summed E-state index contributed by atoms with van der Waals surface area (Å²) in [6.45, 7) is 0.842. The van der Waals surface area contributed by atoms with E-state index in [1.165, 1.54) is 4.90 Å². The van der Waals surface area contributed by atoms with Gasteiger partial charge < -0.3 is 35.4 Å². The molecule has 1 aliphatic heterocycles. The average molecular weight is 267 g/mol. The first-order valence-corrected chi connectivity index (χ1v) is 5.82. The molecule has 1 saturated heterocycles. The molecule has 0 amide bonds. The predicted molar refractivity (Wildman–Crippen MR) is 59.5 cm³/mol.